The van der Waals surface area contributed by atoms with E-state index in [9.17, 15) is 4.79 Å². The second kappa shape index (κ2) is 6.22. The third kappa shape index (κ3) is 3.08. The van der Waals surface area contributed by atoms with Crippen molar-refractivity contribution in [2.24, 2.45) is 0 Å². The Morgan fingerprint density at radius 1 is 1.32 bits per heavy atom. The van der Waals surface area contributed by atoms with Crippen LogP contribution in [0.25, 0.3) is 0 Å². The molecule has 22 heavy (non-hydrogen) atoms. The van der Waals surface area contributed by atoms with Crippen molar-refractivity contribution >= 4 is 39.3 Å². The summed E-state index contributed by atoms with van der Waals surface area (Å²) in [5, 5.41) is 8.68. The number of carbonyl (C=O) groups is 1. The number of benzene rings is 1. The summed E-state index contributed by atoms with van der Waals surface area (Å²) < 4.78 is 0. The molecule has 0 bridgehead atoms. The Kier molecular flexibility index (Phi) is 4.31. The highest BCUT2D eigenvalue weighted by molar-refractivity contribution is 8.15. The van der Waals surface area contributed by atoms with Gasteiger partial charge in [0.25, 0.3) is 0 Å². The largest absolute Gasteiger partial charge is 0.278 e. The number of hydrogen-bond acceptors (Lipinski definition) is 5. The van der Waals surface area contributed by atoms with Crippen LogP contribution >= 0.6 is 23.1 Å². The number of hydrogen-bond donors (Lipinski definition) is 1. The number of thioether (sulfide) groups is 1. The molecule has 1 fully saturated rings. The molecule has 4 nitrogen and oxygen atoms in total. The van der Waals surface area contributed by atoms with Crippen molar-refractivity contribution in [1.29, 1.82) is 5.41 Å². The van der Waals surface area contributed by atoms with Crippen molar-refractivity contribution < 1.29 is 4.79 Å². The number of carbonyl (C=O) groups excluding carboxylic acids is 1. The number of amides is 1. The molecule has 0 unspecified atom stereocenters. The van der Waals surface area contributed by atoms with Gasteiger partial charge in [0.2, 0.25) is 5.91 Å². The summed E-state index contributed by atoms with van der Waals surface area (Å²) in [5.74, 6) is 0.815. The van der Waals surface area contributed by atoms with Gasteiger partial charge in [-0.05, 0) is 17.0 Å². The molecular formula is C16H17N3OS2. The van der Waals surface area contributed by atoms with E-state index >= 15 is 0 Å². The van der Waals surface area contributed by atoms with Crippen LogP contribution in [0.4, 0.5) is 5.13 Å². The lowest BCUT2D eigenvalue weighted by atomic mass is 10.0. The SMILES string of the molecule is CC(C)c1ccc(Cc2cnc(N3C(=N)SCC3=O)s2)cc1. The van der Waals surface area contributed by atoms with Crippen molar-refractivity contribution in [2.45, 2.75) is 26.2 Å². The molecule has 1 aliphatic heterocycles. The second-order valence-corrected chi connectivity index (χ2v) is 7.56. The van der Waals surface area contributed by atoms with E-state index in [0.29, 0.717) is 16.8 Å². The van der Waals surface area contributed by atoms with E-state index in [1.807, 2.05) is 0 Å². The molecule has 6 heteroatoms. The van der Waals surface area contributed by atoms with Gasteiger partial charge in [-0.2, -0.15) is 0 Å². The Balaban J connectivity index is 1.74. The fourth-order valence-electron chi connectivity index (χ4n) is 2.27. The molecule has 2 heterocycles. The maximum Gasteiger partial charge on any atom is 0.245 e. The number of nitrogens with one attached hydrogen (secondary N) is 1. The molecule has 0 atom stereocenters. The topological polar surface area (TPSA) is 57.1 Å². The predicted octanol–water partition coefficient (Wildman–Crippen LogP) is 3.87. The predicted molar refractivity (Wildman–Crippen MR) is 93.1 cm³/mol. The monoisotopic (exact) mass is 331 g/mol. The molecule has 0 saturated carbocycles. The lowest BCUT2D eigenvalue weighted by molar-refractivity contribution is -0.115. The van der Waals surface area contributed by atoms with Crippen LogP contribution in [0.5, 0.6) is 0 Å². The van der Waals surface area contributed by atoms with E-state index in [1.54, 1.807) is 6.20 Å². The van der Waals surface area contributed by atoms with Crippen LogP contribution in [0.2, 0.25) is 0 Å². The molecule has 1 aromatic carbocycles. The minimum atomic E-state index is -0.0582. The second-order valence-electron chi connectivity index (χ2n) is 5.51. The Hall–Kier alpha value is -1.66. The van der Waals surface area contributed by atoms with Gasteiger partial charge in [0, 0.05) is 17.5 Å². The molecule has 0 spiro atoms. The van der Waals surface area contributed by atoms with Crippen LogP contribution in [-0.2, 0) is 11.2 Å². The van der Waals surface area contributed by atoms with Crippen LogP contribution in [0, 0.1) is 5.41 Å². The van der Waals surface area contributed by atoms with E-state index in [4.69, 9.17) is 5.41 Å². The van der Waals surface area contributed by atoms with Crippen molar-refractivity contribution in [3.63, 3.8) is 0 Å². The minimum Gasteiger partial charge on any atom is -0.278 e. The summed E-state index contributed by atoms with van der Waals surface area (Å²) in [6, 6.07) is 8.62. The summed E-state index contributed by atoms with van der Waals surface area (Å²) in [5.41, 5.74) is 2.57. The highest BCUT2D eigenvalue weighted by Crippen LogP contribution is 2.30. The van der Waals surface area contributed by atoms with Crippen LogP contribution in [0.1, 0.15) is 35.8 Å². The van der Waals surface area contributed by atoms with Crippen molar-refractivity contribution in [3.8, 4) is 0 Å². The first-order valence-corrected chi connectivity index (χ1v) is 8.92. The van der Waals surface area contributed by atoms with Crippen LogP contribution < -0.4 is 4.90 Å². The third-order valence-electron chi connectivity index (χ3n) is 3.54. The van der Waals surface area contributed by atoms with Gasteiger partial charge in [-0.1, -0.05) is 49.9 Å². The number of nitrogens with zero attached hydrogens (tertiary/aromatic N) is 2. The number of thiazole rings is 1. The van der Waals surface area contributed by atoms with Gasteiger partial charge < -0.3 is 0 Å². The highest BCUT2D eigenvalue weighted by Gasteiger charge is 2.30. The highest BCUT2D eigenvalue weighted by atomic mass is 32.2. The van der Waals surface area contributed by atoms with Gasteiger partial charge in [-0.25, -0.2) is 9.88 Å². The third-order valence-corrected chi connectivity index (χ3v) is 5.37. The lowest BCUT2D eigenvalue weighted by Crippen LogP contribution is -2.28. The molecule has 1 aliphatic rings. The molecule has 0 aliphatic carbocycles. The van der Waals surface area contributed by atoms with Gasteiger partial charge >= 0.3 is 0 Å². The summed E-state index contributed by atoms with van der Waals surface area (Å²) in [7, 11) is 0. The van der Waals surface area contributed by atoms with Gasteiger partial charge in [-0.3, -0.25) is 10.2 Å². The van der Waals surface area contributed by atoms with E-state index in [2.05, 4.69) is 43.1 Å². The normalized spacial score (nSPS) is 15.1. The van der Waals surface area contributed by atoms with Crippen LogP contribution in [0.15, 0.2) is 30.5 Å². The van der Waals surface area contributed by atoms with Gasteiger partial charge in [0.1, 0.15) is 0 Å². The molecule has 1 amide bonds. The molecule has 114 valence electrons. The van der Waals surface area contributed by atoms with Crippen molar-refractivity contribution in [3.05, 3.63) is 46.5 Å². The van der Waals surface area contributed by atoms with Crippen molar-refractivity contribution in [2.75, 3.05) is 10.7 Å². The fraction of sp³-hybridized carbons (Fsp3) is 0.312. The average Bonchev–Trinajstić information content (AvgIpc) is 3.06. The summed E-state index contributed by atoms with van der Waals surface area (Å²) in [6.45, 7) is 4.37. The Morgan fingerprint density at radius 3 is 2.64 bits per heavy atom. The maximum atomic E-state index is 11.8. The Morgan fingerprint density at radius 2 is 2.05 bits per heavy atom. The number of rotatable bonds is 4. The first-order valence-electron chi connectivity index (χ1n) is 7.12. The fourth-order valence-corrected chi connectivity index (χ4v) is 4.00. The van der Waals surface area contributed by atoms with Gasteiger partial charge in [-0.15, -0.1) is 11.3 Å². The average molecular weight is 331 g/mol. The smallest absolute Gasteiger partial charge is 0.245 e. The number of anilines is 1. The zero-order valence-corrected chi connectivity index (χ0v) is 14.1. The summed E-state index contributed by atoms with van der Waals surface area (Å²) in [6.07, 6.45) is 2.61. The molecule has 1 aromatic heterocycles. The van der Waals surface area contributed by atoms with Crippen LogP contribution in [-0.4, -0.2) is 21.8 Å². The summed E-state index contributed by atoms with van der Waals surface area (Å²) >= 11 is 2.73. The Labute approximate surface area is 138 Å². The minimum absolute atomic E-state index is 0.0582. The summed E-state index contributed by atoms with van der Waals surface area (Å²) in [4.78, 5) is 18.6. The molecular weight excluding hydrogens is 314 g/mol. The van der Waals surface area contributed by atoms with E-state index in [1.165, 1.54) is 39.1 Å². The zero-order valence-electron chi connectivity index (χ0n) is 12.5. The lowest BCUT2D eigenvalue weighted by Gasteiger charge is -2.09. The quantitative estimate of drug-likeness (QED) is 0.925. The zero-order chi connectivity index (χ0) is 15.7. The van der Waals surface area contributed by atoms with Crippen LogP contribution in [0.3, 0.4) is 0 Å². The number of aromatic nitrogens is 1. The first kappa shape index (κ1) is 15.2. The molecule has 3 rings (SSSR count). The first-order chi connectivity index (χ1) is 10.5. The number of amidine groups is 1. The molecule has 0 radical (unpaired) electrons. The molecule has 2 aromatic rings. The van der Waals surface area contributed by atoms with E-state index in [-0.39, 0.29) is 11.1 Å². The van der Waals surface area contributed by atoms with Gasteiger partial charge in [0.15, 0.2) is 10.3 Å². The molecule has 1 N–H and O–H groups in total. The van der Waals surface area contributed by atoms with E-state index < -0.39 is 0 Å². The van der Waals surface area contributed by atoms with E-state index in [0.717, 1.165) is 11.3 Å². The standard InChI is InChI=1S/C16H17N3OS2/c1-10(2)12-5-3-11(4-6-12)7-13-8-18-16(22-13)19-14(20)9-21-15(19)17/h3-6,8,10,17H,7,9H2,1-2H3. The maximum absolute atomic E-state index is 11.8. The molecule has 1 saturated heterocycles. The van der Waals surface area contributed by atoms with Gasteiger partial charge in [0.05, 0.1) is 5.75 Å². The Bertz CT molecular complexity index is 690. The van der Waals surface area contributed by atoms with Crippen molar-refractivity contribution in [1.82, 2.24) is 4.98 Å².